The number of hydrogen-bond donors (Lipinski definition) is 0. The van der Waals surface area contributed by atoms with E-state index < -0.39 is 0 Å². The molecular formula is C14H16O. The van der Waals surface area contributed by atoms with Gasteiger partial charge in [0.15, 0.2) is 0 Å². The molecule has 0 radical (unpaired) electrons. The van der Waals surface area contributed by atoms with Crippen LogP contribution in [0.3, 0.4) is 0 Å². The van der Waals surface area contributed by atoms with E-state index in [4.69, 9.17) is 4.74 Å². The predicted molar refractivity (Wildman–Crippen MR) is 62.6 cm³/mol. The summed E-state index contributed by atoms with van der Waals surface area (Å²) in [6, 6.07) is 10.4. The van der Waals surface area contributed by atoms with E-state index in [0.717, 1.165) is 12.8 Å². The molecular weight excluding hydrogens is 184 g/mol. The van der Waals surface area contributed by atoms with Gasteiger partial charge in [-0.25, -0.2) is 0 Å². The fourth-order valence-corrected chi connectivity index (χ4v) is 1.85. The minimum Gasteiger partial charge on any atom is -0.366 e. The Morgan fingerprint density at radius 3 is 2.87 bits per heavy atom. The Balaban J connectivity index is 2.07. The zero-order valence-electron chi connectivity index (χ0n) is 8.80. The lowest BCUT2D eigenvalue weighted by Gasteiger charge is -2.25. The highest BCUT2D eigenvalue weighted by Gasteiger charge is 2.18. The van der Waals surface area contributed by atoms with Crippen molar-refractivity contribution in [2.45, 2.75) is 25.0 Å². The Morgan fingerprint density at radius 1 is 1.33 bits per heavy atom. The van der Waals surface area contributed by atoms with Crippen molar-refractivity contribution in [3.8, 4) is 0 Å². The van der Waals surface area contributed by atoms with E-state index in [1.54, 1.807) is 0 Å². The first-order valence-corrected chi connectivity index (χ1v) is 5.38. The summed E-state index contributed by atoms with van der Waals surface area (Å²) in [6.07, 6.45) is 8.50. The third-order valence-corrected chi connectivity index (χ3v) is 2.61. The van der Waals surface area contributed by atoms with E-state index in [1.807, 2.05) is 12.1 Å². The molecule has 78 valence electrons. The van der Waals surface area contributed by atoms with Gasteiger partial charge in [-0.2, -0.15) is 0 Å². The van der Waals surface area contributed by atoms with Crippen LogP contribution in [0.25, 0.3) is 0 Å². The molecule has 0 saturated heterocycles. The maximum absolute atomic E-state index is 5.95. The maximum atomic E-state index is 5.95. The average Bonchev–Trinajstić information content (AvgIpc) is 2.31. The number of ether oxygens (including phenoxy) is 1. The lowest BCUT2D eigenvalue weighted by Crippen LogP contribution is -2.17. The number of rotatable bonds is 3. The van der Waals surface area contributed by atoms with Gasteiger partial charge in [-0.3, -0.25) is 0 Å². The minimum absolute atomic E-state index is 0.196. The fraction of sp³-hybridized carbons (Fsp3) is 0.286. The number of hydrogen-bond acceptors (Lipinski definition) is 1. The van der Waals surface area contributed by atoms with E-state index in [2.05, 4.69) is 43.0 Å². The van der Waals surface area contributed by atoms with Gasteiger partial charge in [0.1, 0.15) is 0 Å². The summed E-state index contributed by atoms with van der Waals surface area (Å²) in [7, 11) is 0. The third kappa shape index (κ3) is 2.57. The van der Waals surface area contributed by atoms with Gasteiger partial charge in [-0.15, -0.1) is 6.58 Å². The van der Waals surface area contributed by atoms with Gasteiger partial charge < -0.3 is 4.74 Å². The average molecular weight is 200 g/mol. The molecule has 15 heavy (non-hydrogen) atoms. The second-order valence-electron chi connectivity index (χ2n) is 3.76. The van der Waals surface area contributed by atoms with E-state index in [9.17, 15) is 0 Å². The van der Waals surface area contributed by atoms with Crippen molar-refractivity contribution in [1.29, 1.82) is 0 Å². The summed E-state index contributed by atoms with van der Waals surface area (Å²) in [5, 5.41) is 0. The van der Waals surface area contributed by atoms with E-state index in [-0.39, 0.29) is 12.2 Å². The molecule has 0 N–H and O–H groups in total. The lowest BCUT2D eigenvalue weighted by atomic mass is 10.0. The predicted octanol–water partition coefficient (Wildman–Crippen LogP) is 3.65. The van der Waals surface area contributed by atoms with Crippen molar-refractivity contribution in [3.05, 3.63) is 60.7 Å². The van der Waals surface area contributed by atoms with Crippen molar-refractivity contribution in [2.24, 2.45) is 0 Å². The molecule has 1 aliphatic heterocycles. The molecule has 1 nitrogen and oxygen atoms in total. The summed E-state index contributed by atoms with van der Waals surface area (Å²) in [6.45, 7) is 3.74. The molecule has 0 amide bonds. The second-order valence-corrected chi connectivity index (χ2v) is 3.76. The highest BCUT2D eigenvalue weighted by Crippen LogP contribution is 2.28. The smallest absolute Gasteiger partial charge is 0.0867 e. The normalized spacial score (nSPS) is 25.1. The maximum Gasteiger partial charge on any atom is 0.0867 e. The molecule has 0 fully saturated rings. The van der Waals surface area contributed by atoms with Gasteiger partial charge in [-0.1, -0.05) is 48.6 Å². The quantitative estimate of drug-likeness (QED) is 0.677. The SMILES string of the molecule is C=CC[C@H]1C=CC[C@H](c2ccccc2)O1. The van der Waals surface area contributed by atoms with Crippen molar-refractivity contribution < 1.29 is 4.74 Å². The van der Waals surface area contributed by atoms with E-state index in [1.165, 1.54) is 5.56 Å². The first kappa shape index (κ1) is 10.2. The van der Waals surface area contributed by atoms with Gasteiger partial charge >= 0.3 is 0 Å². The Labute approximate surface area is 91.1 Å². The van der Waals surface area contributed by atoms with Crippen molar-refractivity contribution in [1.82, 2.24) is 0 Å². The molecule has 0 saturated carbocycles. The lowest BCUT2D eigenvalue weighted by molar-refractivity contribution is 0.00667. The molecule has 2 rings (SSSR count). The summed E-state index contributed by atoms with van der Waals surface area (Å²) in [4.78, 5) is 0. The third-order valence-electron chi connectivity index (χ3n) is 2.61. The second kappa shape index (κ2) is 4.94. The molecule has 1 aliphatic rings. The molecule has 1 aromatic carbocycles. The van der Waals surface area contributed by atoms with Crippen LogP contribution in [0.2, 0.25) is 0 Å². The Morgan fingerprint density at radius 2 is 2.13 bits per heavy atom. The molecule has 0 unspecified atom stereocenters. The van der Waals surface area contributed by atoms with Gasteiger partial charge in [0.2, 0.25) is 0 Å². The first-order chi connectivity index (χ1) is 7.40. The minimum atomic E-state index is 0.196. The summed E-state index contributed by atoms with van der Waals surface area (Å²) in [5.41, 5.74) is 1.26. The highest BCUT2D eigenvalue weighted by atomic mass is 16.5. The Bertz CT molecular complexity index is 340. The van der Waals surface area contributed by atoms with E-state index in [0.29, 0.717) is 0 Å². The largest absolute Gasteiger partial charge is 0.366 e. The van der Waals surface area contributed by atoms with Crippen molar-refractivity contribution in [2.75, 3.05) is 0 Å². The zero-order chi connectivity index (χ0) is 10.5. The molecule has 1 heteroatoms. The molecule has 0 aliphatic carbocycles. The van der Waals surface area contributed by atoms with Crippen LogP contribution in [0.15, 0.2) is 55.1 Å². The fourth-order valence-electron chi connectivity index (χ4n) is 1.85. The van der Waals surface area contributed by atoms with Crippen molar-refractivity contribution in [3.63, 3.8) is 0 Å². The van der Waals surface area contributed by atoms with Gasteiger partial charge in [0.25, 0.3) is 0 Å². The Hall–Kier alpha value is -1.34. The van der Waals surface area contributed by atoms with Crippen LogP contribution < -0.4 is 0 Å². The van der Waals surface area contributed by atoms with Crippen LogP contribution in [0.4, 0.5) is 0 Å². The summed E-state index contributed by atoms with van der Waals surface area (Å²) >= 11 is 0. The highest BCUT2D eigenvalue weighted by molar-refractivity contribution is 5.19. The van der Waals surface area contributed by atoms with Gasteiger partial charge in [0, 0.05) is 0 Å². The van der Waals surface area contributed by atoms with Crippen LogP contribution in [0, 0.1) is 0 Å². The van der Waals surface area contributed by atoms with Crippen LogP contribution in [0.1, 0.15) is 24.5 Å². The van der Waals surface area contributed by atoms with Crippen LogP contribution in [-0.2, 0) is 4.74 Å². The van der Waals surface area contributed by atoms with Crippen LogP contribution in [-0.4, -0.2) is 6.10 Å². The zero-order valence-corrected chi connectivity index (χ0v) is 8.80. The van der Waals surface area contributed by atoms with Gasteiger partial charge in [-0.05, 0) is 18.4 Å². The summed E-state index contributed by atoms with van der Waals surface area (Å²) < 4.78 is 5.95. The molecule has 0 bridgehead atoms. The molecule has 0 spiro atoms. The molecule has 1 heterocycles. The van der Waals surface area contributed by atoms with Gasteiger partial charge in [0.05, 0.1) is 12.2 Å². The monoisotopic (exact) mass is 200 g/mol. The summed E-state index contributed by atoms with van der Waals surface area (Å²) in [5.74, 6) is 0. The topological polar surface area (TPSA) is 9.23 Å². The molecule has 2 atom stereocenters. The molecule has 0 aromatic heterocycles. The first-order valence-electron chi connectivity index (χ1n) is 5.38. The van der Waals surface area contributed by atoms with Crippen molar-refractivity contribution >= 4 is 0 Å². The molecule has 1 aromatic rings. The number of benzene rings is 1. The standard InChI is InChI=1S/C14H16O/c1-2-7-13-10-6-11-14(15-13)12-8-4-3-5-9-12/h2-6,8-10,13-14H,1,7,11H2/t13-,14+/m0/s1. The van der Waals surface area contributed by atoms with E-state index >= 15 is 0 Å². The van der Waals surface area contributed by atoms with Crippen LogP contribution >= 0.6 is 0 Å². The van der Waals surface area contributed by atoms with Crippen LogP contribution in [0.5, 0.6) is 0 Å². The Kier molecular flexibility index (Phi) is 3.36.